The standard InChI is InChI=1S/C19H30O3/c1-18-6-5-14-13(15(18)8-12(20)9-18)4-3-11-7-16(21)17(22)10-19(11,14)2/h11,13-17,21-22H,3-10H2,1-2H3/t11?,13-,14+,15+,16+,17-,18-,19+/m1/s1. The van der Waals surface area contributed by atoms with Crippen LogP contribution in [0.4, 0.5) is 0 Å². The van der Waals surface area contributed by atoms with Crippen LogP contribution in [0.15, 0.2) is 0 Å². The number of rotatable bonds is 0. The molecule has 0 spiro atoms. The summed E-state index contributed by atoms with van der Waals surface area (Å²) < 4.78 is 0. The first-order valence-electron chi connectivity index (χ1n) is 9.21. The normalized spacial score (nSPS) is 57.9. The van der Waals surface area contributed by atoms with Crippen LogP contribution in [-0.2, 0) is 4.79 Å². The predicted molar refractivity (Wildman–Crippen MR) is 84.1 cm³/mol. The fourth-order valence-corrected chi connectivity index (χ4v) is 7.05. The minimum Gasteiger partial charge on any atom is -0.390 e. The van der Waals surface area contributed by atoms with Gasteiger partial charge in [0.1, 0.15) is 5.78 Å². The van der Waals surface area contributed by atoms with E-state index >= 15 is 0 Å². The van der Waals surface area contributed by atoms with E-state index in [9.17, 15) is 15.0 Å². The third-order valence-corrected chi connectivity index (χ3v) is 8.25. The smallest absolute Gasteiger partial charge is 0.133 e. The van der Waals surface area contributed by atoms with Crippen molar-refractivity contribution in [3.05, 3.63) is 0 Å². The van der Waals surface area contributed by atoms with Crippen molar-refractivity contribution >= 4 is 5.78 Å². The minimum absolute atomic E-state index is 0.161. The molecule has 0 bridgehead atoms. The average molecular weight is 306 g/mol. The number of ketones is 1. The molecule has 0 aromatic heterocycles. The number of carbonyl (C=O) groups is 1. The maximum atomic E-state index is 12.1. The van der Waals surface area contributed by atoms with E-state index in [4.69, 9.17) is 0 Å². The number of carbonyl (C=O) groups excluding carboxylic acids is 1. The van der Waals surface area contributed by atoms with Gasteiger partial charge in [0.2, 0.25) is 0 Å². The van der Waals surface area contributed by atoms with Crippen molar-refractivity contribution in [1.82, 2.24) is 0 Å². The van der Waals surface area contributed by atoms with Gasteiger partial charge in [0.15, 0.2) is 0 Å². The quantitative estimate of drug-likeness (QED) is 0.723. The van der Waals surface area contributed by atoms with E-state index in [0.717, 1.165) is 25.7 Å². The van der Waals surface area contributed by atoms with Gasteiger partial charge < -0.3 is 10.2 Å². The van der Waals surface area contributed by atoms with Crippen molar-refractivity contribution in [2.24, 2.45) is 34.5 Å². The lowest BCUT2D eigenvalue weighted by Crippen LogP contribution is -2.56. The number of aliphatic hydroxyl groups excluding tert-OH is 2. The molecular weight excluding hydrogens is 276 g/mol. The van der Waals surface area contributed by atoms with E-state index < -0.39 is 12.2 Å². The van der Waals surface area contributed by atoms with Crippen LogP contribution in [0.25, 0.3) is 0 Å². The van der Waals surface area contributed by atoms with Gasteiger partial charge in [-0.3, -0.25) is 4.79 Å². The highest BCUT2D eigenvalue weighted by Crippen LogP contribution is 2.65. The van der Waals surface area contributed by atoms with Crippen LogP contribution in [0, 0.1) is 34.5 Å². The van der Waals surface area contributed by atoms with E-state index in [1.807, 2.05) is 0 Å². The van der Waals surface area contributed by atoms with E-state index in [0.29, 0.717) is 29.5 Å². The first kappa shape index (κ1) is 15.1. The Balaban J connectivity index is 1.64. The molecule has 0 aliphatic heterocycles. The second-order valence-electron chi connectivity index (χ2n) is 9.34. The van der Waals surface area contributed by atoms with Crippen LogP contribution in [-0.4, -0.2) is 28.2 Å². The molecule has 4 fully saturated rings. The van der Waals surface area contributed by atoms with Gasteiger partial charge in [-0.25, -0.2) is 0 Å². The summed E-state index contributed by atoms with van der Waals surface area (Å²) in [5.41, 5.74) is 0.406. The fraction of sp³-hybridized carbons (Fsp3) is 0.947. The summed E-state index contributed by atoms with van der Waals surface area (Å²) in [5, 5.41) is 20.3. The molecule has 2 N–H and O–H groups in total. The molecule has 22 heavy (non-hydrogen) atoms. The molecule has 4 aliphatic rings. The third-order valence-electron chi connectivity index (χ3n) is 8.25. The monoisotopic (exact) mass is 306 g/mol. The molecule has 0 amide bonds. The Labute approximate surface area is 133 Å². The molecule has 3 heteroatoms. The second-order valence-corrected chi connectivity index (χ2v) is 9.34. The van der Waals surface area contributed by atoms with Crippen LogP contribution >= 0.6 is 0 Å². The lowest BCUT2D eigenvalue weighted by Gasteiger charge is -2.60. The summed E-state index contributed by atoms with van der Waals surface area (Å²) in [6.07, 6.45) is 6.79. The Bertz CT molecular complexity index is 489. The highest BCUT2D eigenvalue weighted by molar-refractivity contribution is 5.82. The number of hydrogen-bond acceptors (Lipinski definition) is 3. The Morgan fingerprint density at radius 3 is 2.59 bits per heavy atom. The fourth-order valence-electron chi connectivity index (χ4n) is 7.05. The van der Waals surface area contributed by atoms with Gasteiger partial charge in [0, 0.05) is 12.8 Å². The highest BCUT2D eigenvalue weighted by Gasteiger charge is 2.60. The van der Waals surface area contributed by atoms with Gasteiger partial charge in [0.25, 0.3) is 0 Å². The van der Waals surface area contributed by atoms with Crippen molar-refractivity contribution in [3.63, 3.8) is 0 Å². The van der Waals surface area contributed by atoms with Gasteiger partial charge in [-0.2, -0.15) is 0 Å². The molecule has 1 unspecified atom stereocenters. The first-order chi connectivity index (χ1) is 10.3. The van der Waals surface area contributed by atoms with E-state index in [1.54, 1.807) is 0 Å². The minimum atomic E-state index is -0.557. The Hall–Kier alpha value is -0.410. The number of hydrogen-bond donors (Lipinski definition) is 2. The highest BCUT2D eigenvalue weighted by atomic mass is 16.3. The molecule has 124 valence electrons. The van der Waals surface area contributed by atoms with Crippen molar-refractivity contribution in [1.29, 1.82) is 0 Å². The summed E-state index contributed by atoms with van der Waals surface area (Å²) in [6.45, 7) is 4.70. The van der Waals surface area contributed by atoms with Crippen molar-refractivity contribution < 1.29 is 15.0 Å². The van der Waals surface area contributed by atoms with Crippen molar-refractivity contribution in [2.75, 3.05) is 0 Å². The van der Waals surface area contributed by atoms with Gasteiger partial charge in [0.05, 0.1) is 12.2 Å². The third kappa shape index (κ3) is 1.97. The van der Waals surface area contributed by atoms with Gasteiger partial charge in [-0.1, -0.05) is 13.8 Å². The second kappa shape index (κ2) is 4.80. The summed E-state index contributed by atoms with van der Waals surface area (Å²) in [5.74, 6) is 2.89. The number of aliphatic hydroxyl groups is 2. The zero-order chi connectivity index (χ0) is 15.7. The topological polar surface area (TPSA) is 57.5 Å². The van der Waals surface area contributed by atoms with Crippen LogP contribution in [0.2, 0.25) is 0 Å². The SMILES string of the molecule is C[C@]12CC[C@H]3[C@@H](CCC4C[C@H](O)[C@H](O)C[C@@]43C)[C@@H]1CC(=O)C2. The Kier molecular flexibility index (Phi) is 3.30. The molecule has 0 radical (unpaired) electrons. The molecule has 4 rings (SSSR count). The molecular formula is C19H30O3. The van der Waals surface area contributed by atoms with E-state index in [2.05, 4.69) is 13.8 Å². The van der Waals surface area contributed by atoms with Gasteiger partial charge in [-0.05, 0) is 73.0 Å². The molecule has 3 nitrogen and oxygen atoms in total. The molecule has 4 saturated carbocycles. The summed E-state index contributed by atoms with van der Waals surface area (Å²) >= 11 is 0. The van der Waals surface area contributed by atoms with Crippen LogP contribution in [0.1, 0.15) is 65.2 Å². The average Bonchev–Trinajstić information content (AvgIpc) is 2.75. The largest absolute Gasteiger partial charge is 0.390 e. The van der Waals surface area contributed by atoms with Crippen molar-refractivity contribution in [2.45, 2.75) is 77.4 Å². The zero-order valence-corrected chi connectivity index (χ0v) is 13.9. The van der Waals surface area contributed by atoms with Gasteiger partial charge in [-0.15, -0.1) is 0 Å². The molecule has 0 aromatic rings. The van der Waals surface area contributed by atoms with Crippen LogP contribution < -0.4 is 0 Å². The van der Waals surface area contributed by atoms with Crippen LogP contribution in [0.3, 0.4) is 0 Å². The summed E-state index contributed by atoms with van der Waals surface area (Å²) in [7, 11) is 0. The Morgan fingerprint density at radius 2 is 1.82 bits per heavy atom. The maximum Gasteiger partial charge on any atom is 0.133 e. The Morgan fingerprint density at radius 1 is 1.05 bits per heavy atom. The number of Topliss-reactive ketones (excluding diaryl/α,β-unsaturated/α-hetero) is 1. The van der Waals surface area contributed by atoms with Crippen molar-refractivity contribution in [3.8, 4) is 0 Å². The summed E-state index contributed by atoms with van der Waals surface area (Å²) in [4.78, 5) is 12.1. The van der Waals surface area contributed by atoms with E-state index in [1.165, 1.54) is 25.7 Å². The zero-order valence-electron chi connectivity index (χ0n) is 13.9. The predicted octanol–water partition coefficient (Wildman–Crippen LogP) is 2.93. The van der Waals surface area contributed by atoms with Crippen LogP contribution in [0.5, 0.6) is 0 Å². The maximum absolute atomic E-state index is 12.1. The lowest BCUT2D eigenvalue weighted by molar-refractivity contribution is -0.156. The summed E-state index contributed by atoms with van der Waals surface area (Å²) in [6, 6.07) is 0. The van der Waals surface area contributed by atoms with E-state index in [-0.39, 0.29) is 10.8 Å². The molecule has 4 aliphatic carbocycles. The molecule has 0 saturated heterocycles. The lowest BCUT2D eigenvalue weighted by atomic mass is 9.45. The molecule has 8 atom stereocenters. The molecule has 0 heterocycles. The number of fused-ring (bicyclic) bond motifs is 5. The van der Waals surface area contributed by atoms with Gasteiger partial charge >= 0.3 is 0 Å². The first-order valence-corrected chi connectivity index (χ1v) is 9.21. The molecule has 0 aromatic carbocycles.